The summed E-state index contributed by atoms with van der Waals surface area (Å²) in [6.07, 6.45) is -23.5. The Morgan fingerprint density at radius 3 is 1.84 bits per heavy atom. The molecule has 0 aromatic rings. The van der Waals surface area contributed by atoms with E-state index in [0.717, 1.165) is 32.1 Å². The second kappa shape index (κ2) is 23.6. The number of aliphatic hydroxyl groups excluding tert-OH is 12. The predicted molar refractivity (Wildman–Crippen MR) is 250 cm³/mol. The topological polar surface area (TPSA) is 360 Å². The van der Waals surface area contributed by atoms with E-state index in [0.29, 0.717) is 31.6 Å². The van der Waals surface area contributed by atoms with Gasteiger partial charge in [-0.2, -0.15) is 0 Å². The maximum absolute atomic E-state index is 13.5. The summed E-state index contributed by atoms with van der Waals surface area (Å²) in [5.41, 5.74) is -0.494. The molecule has 426 valence electrons. The molecule has 0 aromatic carbocycles. The summed E-state index contributed by atoms with van der Waals surface area (Å²) < 4.78 is 53.4. The first-order valence-electron chi connectivity index (χ1n) is 26.9. The molecule has 23 heteroatoms. The average Bonchev–Trinajstić information content (AvgIpc) is 3.67. The molecule has 8 fully saturated rings. The van der Waals surface area contributed by atoms with Crippen molar-refractivity contribution in [3.05, 3.63) is 0 Å². The van der Waals surface area contributed by atoms with Crippen LogP contribution in [0.15, 0.2) is 0 Å². The molecule has 4 heterocycles. The summed E-state index contributed by atoms with van der Waals surface area (Å²) >= 11 is 0. The smallest absolute Gasteiger partial charge is 0.306 e. The van der Waals surface area contributed by atoms with Crippen molar-refractivity contribution in [1.29, 1.82) is 0 Å². The Hall–Kier alpha value is -1.66. The highest BCUT2D eigenvalue weighted by Crippen LogP contribution is 2.68. The van der Waals surface area contributed by atoms with E-state index in [1.807, 2.05) is 6.92 Å². The van der Waals surface area contributed by atoms with Crippen molar-refractivity contribution in [2.24, 2.45) is 46.3 Å². The predicted octanol–water partition coefficient (Wildman–Crippen LogP) is -2.12. The number of hydrogen-bond acceptors (Lipinski definition) is 23. The summed E-state index contributed by atoms with van der Waals surface area (Å²) in [6, 6.07) is 0. The Morgan fingerprint density at radius 2 is 1.19 bits per heavy atom. The second-order valence-electron chi connectivity index (χ2n) is 23.6. The number of fused-ring (bicyclic) bond motifs is 5. The third kappa shape index (κ3) is 11.4. The number of rotatable bonds is 16. The first-order valence-corrected chi connectivity index (χ1v) is 26.9. The summed E-state index contributed by atoms with van der Waals surface area (Å²) in [4.78, 5) is 27.0. The van der Waals surface area contributed by atoms with Crippen LogP contribution < -0.4 is 0 Å². The number of ether oxygens (including phenoxy) is 9. The number of aliphatic hydroxyl groups is 12. The molecule has 0 radical (unpaired) electrons. The van der Waals surface area contributed by atoms with Crippen molar-refractivity contribution in [3.8, 4) is 0 Å². The molecule has 4 saturated heterocycles. The van der Waals surface area contributed by atoms with Gasteiger partial charge < -0.3 is 104 Å². The zero-order valence-corrected chi connectivity index (χ0v) is 43.2. The molecule has 0 aromatic heterocycles. The maximum atomic E-state index is 13.5. The molecule has 23 nitrogen and oxygen atoms in total. The highest BCUT2D eigenvalue weighted by atomic mass is 16.8. The van der Waals surface area contributed by atoms with Crippen molar-refractivity contribution in [2.45, 2.75) is 241 Å². The van der Waals surface area contributed by atoms with Gasteiger partial charge in [0.2, 0.25) is 0 Å². The van der Waals surface area contributed by atoms with Crippen molar-refractivity contribution < 1.29 is 113 Å². The fourth-order valence-electron chi connectivity index (χ4n) is 14.4. The lowest BCUT2D eigenvalue weighted by molar-refractivity contribution is -0.375. The summed E-state index contributed by atoms with van der Waals surface area (Å²) in [5.74, 6) is -0.197. The summed E-state index contributed by atoms with van der Waals surface area (Å²) in [5, 5.41) is 126. The van der Waals surface area contributed by atoms with Gasteiger partial charge in [0.1, 0.15) is 97.3 Å². The second-order valence-corrected chi connectivity index (χ2v) is 23.6. The molecule has 1 unspecified atom stereocenters. The van der Waals surface area contributed by atoms with Gasteiger partial charge in [0.15, 0.2) is 25.2 Å². The van der Waals surface area contributed by atoms with Crippen LogP contribution in [0.1, 0.15) is 106 Å². The number of Topliss-reactive ketones (excluding diaryl/α,β-unsaturated/α-hetero) is 1. The van der Waals surface area contributed by atoms with Crippen LogP contribution >= 0.6 is 0 Å². The quantitative estimate of drug-likeness (QED) is 0.0581. The molecule has 8 aliphatic rings. The van der Waals surface area contributed by atoms with E-state index in [2.05, 4.69) is 13.8 Å². The van der Waals surface area contributed by atoms with Crippen LogP contribution in [0.2, 0.25) is 0 Å². The van der Waals surface area contributed by atoms with Crippen LogP contribution in [0.4, 0.5) is 0 Å². The normalized spacial score (nSPS) is 52.1. The van der Waals surface area contributed by atoms with Crippen molar-refractivity contribution in [2.75, 3.05) is 19.8 Å². The molecule has 12 N–H and O–H groups in total. The first kappa shape index (κ1) is 58.5. The largest absolute Gasteiger partial charge is 0.462 e. The van der Waals surface area contributed by atoms with E-state index in [1.165, 1.54) is 13.8 Å². The van der Waals surface area contributed by atoms with E-state index in [4.69, 9.17) is 42.6 Å². The third-order valence-electron chi connectivity index (χ3n) is 18.9. The molecule has 0 bridgehead atoms. The van der Waals surface area contributed by atoms with Gasteiger partial charge in [-0.25, -0.2) is 0 Å². The molecule has 0 amide bonds. The van der Waals surface area contributed by atoms with Gasteiger partial charge in [-0.1, -0.05) is 20.8 Å². The fraction of sp³-hybridized carbons (Fsp3) is 0.961. The summed E-state index contributed by atoms with van der Waals surface area (Å²) in [7, 11) is 0. The molecule has 4 aliphatic carbocycles. The highest BCUT2D eigenvalue weighted by Gasteiger charge is 2.64. The van der Waals surface area contributed by atoms with E-state index in [-0.39, 0.29) is 53.3 Å². The van der Waals surface area contributed by atoms with Gasteiger partial charge in [0.25, 0.3) is 0 Å². The standard InChI is InChI=1S/C51H84O23/c1-20(18-66-47-43(64)40(61)36(57)30(17-52)72-47)7-10-32(54)71-29-16-28-26-9-8-24-15-25(11-13-50(24,5)27(26)12-14-51(28,6)33(29)21(2)53)70-49-45(74-48-44(65)39(60)35(56)23(4)69-48)41(62)37(58)31(73-49)19-67-46-42(63)38(59)34(55)22(3)68-46/h20,22-31,33-49,52,55-65H,7-19H2,1-6H3/t20?,22-,23-,24-,25-,26+,27-,28-,29-,30+,31+,33-,34-,35-,36+,37+,38+,39+,40-,41-,42+,43+,44+,45+,46+,47+,48-,49+,50-,51-/m0/s1. The number of ketones is 1. The summed E-state index contributed by atoms with van der Waals surface area (Å²) in [6.45, 7) is 9.92. The van der Waals surface area contributed by atoms with E-state index in [9.17, 15) is 70.9 Å². The molecule has 4 aliphatic heterocycles. The molecule has 30 atom stereocenters. The first-order chi connectivity index (χ1) is 34.9. The highest BCUT2D eigenvalue weighted by molar-refractivity contribution is 5.81. The fourth-order valence-corrected chi connectivity index (χ4v) is 14.4. The van der Waals surface area contributed by atoms with Crippen molar-refractivity contribution >= 4 is 11.8 Å². The van der Waals surface area contributed by atoms with E-state index in [1.54, 1.807) is 6.92 Å². The molecular formula is C51H84O23. The van der Waals surface area contributed by atoms with Crippen LogP contribution in [0.5, 0.6) is 0 Å². The van der Waals surface area contributed by atoms with E-state index < -0.39 is 160 Å². The number of carbonyl (C=O) groups is 2. The van der Waals surface area contributed by atoms with Crippen LogP contribution in [-0.2, 0) is 52.2 Å². The van der Waals surface area contributed by atoms with Crippen molar-refractivity contribution in [3.63, 3.8) is 0 Å². The lowest BCUT2D eigenvalue weighted by Gasteiger charge is -2.61. The van der Waals surface area contributed by atoms with Gasteiger partial charge in [0.05, 0.1) is 44.1 Å². The van der Waals surface area contributed by atoms with Crippen molar-refractivity contribution in [1.82, 2.24) is 0 Å². The monoisotopic (exact) mass is 1060 g/mol. The average molecular weight is 1070 g/mol. The lowest BCUT2D eigenvalue weighted by Crippen LogP contribution is -2.65. The Labute approximate surface area is 431 Å². The zero-order valence-electron chi connectivity index (χ0n) is 43.2. The minimum Gasteiger partial charge on any atom is -0.462 e. The van der Waals surface area contributed by atoms with Crippen LogP contribution in [-0.4, -0.2) is 228 Å². The number of carbonyl (C=O) groups excluding carboxylic acids is 2. The Kier molecular flexibility index (Phi) is 18.6. The molecule has 0 spiro atoms. The van der Waals surface area contributed by atoms with E-state index >= 15 is 0 Å². The Morgan fingerprint density at radius 1 is 0.608 bits per heavy atom. The lowest BCUT2D eigenvalue weighted by atomic mass is 9.44. The SMILES string of the molecule is CC(=O)[C@H]1[C@@H](OC(=O)CCC(C)CO[C@@H]2O[C@H](CO)[C@@H](O)[C@H](O)[C@H]2O)C[C@H]2[C@@H]3CC[C@H]4C[C@@H](O[C@@H]5O[C@H](CO[C@@H]6O[C@@H](C)[C@H](O)[C@@H](O)[C@H]6O)[C@@H](O)[C@H](O)[C@H]5O[C@@H]5O[C@@H](C)[C@H](O)[C@@H](O)[C@H]5O)CC[C@]4(C)[C@H]3CC[C@@]21C. The number of esters is 1. The molecule has 74 heavy (non-hydrogen) atoms. The van der Waals surface area contributed by atoms with Gasteiger partial charge in [0, 0.05) is 6.42 Å². The zero-order chi connectivity index (χ0) is 53.9. The van der Waals surface area contributed by atoms with Gasteiger partial charge in [-0.3, -0.25) is 9.59 Å². The Bertz CT molecular complexity index is 1880. The molecular weight excluding hydrogens is 981 g/mol. The van der Waals surface area contributed by atoms with Gasteiger partial charge in [-0.05, 0) is 119 Å². The molecule has 8 rings (SSSR count). The van der Waals surface area contributed by atoms with Crippen LogP contribution in [0.3, 0.4) is 0 Å². The third-order valence-corrected chi connectivity index (χ3v) is 18.9. The maximum Gasteiger partial charge on any atom is 0.306 e. The Balaban J connectivity index is 0.899. The van der Waals surface area contributed by atoms with Crippen LogP contribution in [0.25, 0.3) is 0 Å². The van der Waals surface area contributed by atoms with Gasteiger partial charge >= 0.3 is 5.97 Å². The molecule has 4 saturated carbocycles. The van der Waals surface area contributed by atoms with Crippen LogP contribution in [0, 0.1) is 46.3 Å². The number of hydrogen-bond donors (Lipinski definition) is 12. The minimum absolute atomic E-state index is 0.00950. The minimum atomic E-state index is -1.74. The van der Waals surface area contributed by atoms with Gasteiger partial charge in [-0.15, -0.1) is 0 Å².